The van der Waals surface area contributed by atoms with Gasteiger partial charge < -0.3 is 10.1 Å². The van der Waals surface area contributed by atoms with Crippen LogP contribution in [0.4, 0.5) is 0 Å². The molecular formula is C19H20BrNO2. The van der Waals surface area contributed by atoms with Gasteiger partial charge in [-0.3, -0.25) is 4.79 Å². The standard InChI is InChI=1S/C19H20BrNO2/c1-13(23-16-11-9-15(20)10-12-16)19(22)21-18-8-4-6-14-5-2-3-7-17(14)18/h2-3,5,7,9-13,18H,4,6,8H2,1H3,(H,21,22)/t13-,18-/m0/s1. The molecule has 1 aliphatic rings. The molecule has 0 aliphatic heterocycles. The number of hydrogen-bond donors (Lipinski definition) is 1. The van der Waals surface area contributed by atoms with E-state index in [9.17, 15) is 4.79 Å². The van der Waals surface area contributed by atoms with Gasteiger partial charge >= 0.3 is 0 Å². The molecule has 2 aromatic carbocycles. The minimum absolute atomic E-state index is 0.0744. The van der Waals surface area contributed by atoms with E-state index in [-0.39, 0.29) is 11.9 Å². The van der Waals surface area contributed by atoms with Crippen LogP contribution in [-0.4, -0.2) is 12.0 Å². The van der Waals surface area contributed by atoms with E-state index in [1.54, 1.807) is 6.92 Å². The maximum atomic E-state index is 12.4. The Bertz CT molecular complexity index is 684. The van der Waals surface area contributed by atoms with Crippen LogP contribution in [-0.2, 0) is 11.2 Å². The van der Waals surface area contributed by atoms with Gasteiger partial charge in [-0.05, 0) is 61.6 Å². The molecule has 0 bridgehead atoms. The summed E-state index contributed by atoms with van der Waals surface area (Å²) in [7, 11) is 0. The molecule has 0 radical (unpaired) electrons. The van der Waals surface area contributed by atoms with E-state index in [2.05, 4.69) is 39.4 Å². The third kappa shape index (κ3) is 3.94. The highest BCUT2D eigenvalue weighted by atomic mass is 79.9. The fourth-order valence-corrected chi connectivity index (χ4v) is 3.23. The zero-order chi connectivity index (χ0) is 16.2. The molecule has 0 aromatic heterocycles. The average molecular weight is 374 g/mol. The first-order chi connectivity index (χ1) is 11.1. The number of aryl methyl sites for hydroxylation is 1. The predicted molar refractivity (Wildman–Crippen MR) is 94.5 cm³/mol. The lowest BCUT2D eigenvalue weighted by molar-refractivity contribution is -0.128. The molecule has 1 N–H and O–H groups in total. The predicted octanol–water partition coefficient (Wildman–Crippen LogP) is 4.41. The lowest BCUT2D eigenvalue weighted by Gasteiger charge is -2.27. The Morgan fingerprint density at radius 1 is 1.22 bits per heavy atom. The summed E-state index contributed by atoms with van der Waals surface area (Å²) in [5.41, 5.74) is 2.58. The van der Waals surface area contributed by atoms with Gasteiger partial charge in [0.1, 0.15) is 5.75 Å². The van der Waals surface area contributed by atoms with Gasteiger partial charge in [0.2, 0.25) is 0 Å². The van der Waals surface area contributed by atoms with E-state index < -0.39 is 6.10 Å². The monoisotopic (exact) mass is 373 g/mol. The maximum absolute atomic E-state index is 12.4. The number of carbonyl (C=O) groups excluding carboxylic acids is 1. The molecule has 120 valence electrons. The van der Waals surface area contributed by atoms with Crippen molar-refractivity contribution < 1.29 is 9.53 Å². The highest BCUT2D eigenvalue weighted by molar-refractivity contribution is 9.10. The Morgan fingerprint density at radius 2 is 1.96 bits per heavy atom. The SMILES string of the molecule is C[C@H](Oc1ccc(Br)cc1)C(=O)N[C@H]1CCCc2ccccc21. The highest BCUT2D eigenvalue weighted by Gasteiger charge is 2.24. The molecule has 0 heterocycles. The number of rotatable bonds is 4. The second-order valence-corrected chi connectivity index (χ2v) is 6.78. The molecule has 2 atom stereocenters. The van der Waals surface area contributed by atoms with E-state index in [1.807, 2.05) is 30.3 Å². The van der Waals surface area contributed by atoms with E-state index >= 15 is 0 Å². The fourth-order valence-electron chi connectivity index (χ4n) is 2.96. The zero-order valence-electron chi connectivity index (χ0n) is 13.1. The van der Waals surface area contributed by atoms with Gasteiger partial charge in [0.15, 0.2) is 6.10 Å². The topological polar surface area (TPSA) is 38.3 Å². The third-order valence-corrected chi connectivity index (χ3v) is 4.71. The molecule has 0 unspecified atom stereocenters. The lowest BCUT2D eigenvalue weighted by atomic mass is 9.87. The fraction of sp³-hybridized carbons (Fsp3) is 0.316. The summed E-state index contributed by atoms with van der Waals surface area (Å²) < 4.78 is 6.71. The van der Waals surface area contributed by atoms with E-state index in [1.165, 1.54) is 11.1 Å². The molecule has 1 amide bonds. The molecule has 3 nitrogen and oxygen atoms in total. The Balaban J connectivity index is 1.64. The van der Waals surface area contributed by atoms with Crippen molar-refractivity contribution in [2.75, 3.05) is 0 Å². The largest absolute Gasteiger partial charge is 0.481 e. The molecule has 0 spiro atoms. The summed E-state index contributed by atoms with van der Waals surface area (Å²) in [5, 5.41) is 3.13. The molecule has 4 heteroatoms. The Kier molecular flexibility index (Phi) is 5.01. The van der Waals surface area contributed by atoms with Crippen LogP contribution < -0.4 is 10.1 Å². The average Bonchev–Trinajstić information content (AvgIpc) is 2.57. The Morgan fingerprint density at radius 3 is 2.74 bits per heavy atom. The van der Waals surface area contributed by atoms with Crippen molar-refractivity contribution in [1.82, 2.24) is 5.32 Å². The lowest BCUT2D eigenvalue weighted by Crippen LogP contribution is -2.39. The molecule has 1 aliphatic carbocycles. The summed E-state index contributed by atoms with van der Waals surface area (Å²) >= 11 is 3.39. The molecule has 2 aromatic rings. The van der Waals surface area contributed by atoms with Crippen molar-refractivity contribution in [3.63, 3.8) is 0 Å². The van der Waals surface area contributed by atoms with Crippen molar-refractivity contribution in [2.24, 2.45) is 0 Å². The number of benzene rings is 2. The van der Waals surface area contributed by atoms with Crippen LogP contribution in [0.2, 0.25) is 0 Å². The maximum Gasteiger partial charge on any atom is 0.261 e. The summed E-state index contributed by atoms with van der Waals surface area (Å²) in [4.78, 5) is 12.4. The summed E-state index contributed by atoms with van der Waals surface area (Å²) in [5.74, 6) is 0.620. The van der Waals surface area contributed by atoms with Crippen LogP contribution in [0.3, 0.4) is 0 Å². The van der Waals surface area contributed by atoms with Crippen molar-refractivity contribution in [2.45, 2.75) is 38.3 Å². The normalized spacial score (nSPS) is 17.9. The van der Waals surface area contributed by atoms with Crippen LogP contribution in [0.5, 0.6) is 5.75 Å². The first kappa shape index (κ1) is 16.1. The highest BCUT2D eigenvalue weighted by Crippen LogP contribution is 2.29. The van der Waals surface area contributed by atoms with Crippen molar-refractivity contribution in [1.29, 1.82) is 0 Å². The second kappa shape index (κ2) is 7.18. The molecule has 3 rings (SSSR count). The van der Waals surface area contributed by atoms with Crippen LogP contribution in [0.15, 0.2) is 53.0 Å². The first-order valence-electron chi connectivity index (χ1n) is 7.94. The van der Waals surface area contributed by atoms with Crippen molar-refractivity contribution >= 4 is 21.8 Å². The van der Waals surface area contributed by atoms with Crippen LogP contribution in [0, 0.1) is 0 Å². The van der Waals surface area contributed by atoms with Crippen molar-refractivity contribution in [3.05, 3.63) is 64.1 Å². The Labute approximate surface area is 145 Å². The quantitative estimate of drug-likeness (QED) is 0.861. The number of nitrogens with one attached hydrogen (secondary N) is 1. The molecule has 23 heavy (non-hydrogen) atoms. The van der Waals surface area contributed by atoms with Crippen molar-refractivity contribution in [3.8, 4) is 5.75 Å². The van der Waals surface area contributed by atoms with Crippen LogP contribution >= 0.6 is 15.9 Å². The Hall–Kier alpha value is -1.81. The van der Waals surface area contributed by atoms with Gasteiger partial charge in [0.05, 0.1) is 6.04 Å². The minimum atomic E-state index is -0.523. The van der Waals surface area contributed by atoms with Crippen LogP contribution in [0.1, 0.15) is 36.9 Å². The smallest absolute Gasteiger partial charge is 0.261 e. The molecule has 0 fully saturated rings. The van der Waals surface area contributed by atoms with Gasteiger partial charge in [-0.2, -0.15) is 0 Å². The number of fused-ring (bicyclic) bond motifs is 1. The van der Waals surface area contributed by atoms with Gasteiger partial charge in [0.25, 0.3) is 5.91 Å². The number of hydrogen-bond acceptors (Lipinski definition) is 2. The molecule has 0 saturated heterocycles. The van der Waals surface area contributed by atoms with E-state index in [0.717, 1.165) is 23.7 Å². The summed E-state index contributed by atoms with van der Waals surface area (Å²) in [6, 6.07) is 15.9. The number of ether oxygens (including phenoxy) is 1. The minimum Gasteiger partial charge on any atom is -0.481 e. The van der Waals surface area contributed by atoms with Gasteiger partial charge in [-0.25, -0.2) is 0 Å². The van der Waals surface area contributed by atoms with Gasteiger partial charge in [-0.15, -0.1) is 0 Å². The second-order valence-electron chi connectivity index (χ2n) is 5.87. The third-order valence-electron chi connectivity index (χ3n) is 4.18. The summed E-state index contributed by atoms with van der Waals surface area (Å²) in [6.45, 7) is 1.78. The van der Waals surface area contributed by atoms with Gasteiger partial charge in [0, 0.05) is 4.47 Å². The summed E-state index contributed by atoms with van der Waals surface area (Å²) in [6.07, 6.45) is 2.65. The number of halogens is 1. The number of amides is 1. The molecular weight excluding hydrogens is 354 g/mol. The van der Waals surface area contributed by atoms with E-state index in [0.29, 0.717) is 5.75 Å². The van der Waals surface area contributed by atoms with Gasteiger partial charge in [-0.1, -0.05) is 40.2 Å². The number of carbonyl (C=O) groups is 1. The first-order valence-corrected chi connectivity index (χ1v) is 8.73. The van der Waals surface area contributed by atoms with Crippen LogP contribution in [0.25, 0.3) is 0 Å². The van der Waals surface area contributed by atoms with E-state index in [4.69, 9.17) is 4.74 Å². The zero-order valence-corrected chi connectivity index (χ0v) is 14.7. The molecule has 0 saturated carbocycles.